The lowest BCUT2D eigenvalue weighted by atomic mass is 10.1. The third-order valence-electron chi connectivity index (χ3n) is 1.82. The van der Waals surface area contributed by atoms with Crippen LogP contribution >= 0.6 is 27.5 Å². The molecule has 78 valence electrons. The van der Waals surface area contributed by atoms with Gasteiger partial charge in [0.2, 0.25) is 0 Å². The number of alkyl halides is 3. The zero-order chi connectivity index (χ0) is 10.9. The number of rotatable bonds is 2. The Morgan fingerprint density at radius 1 is 1.50 bits per heavy atom. The second-order valence-corrected chi connectivity index (χ2v) is 4.42. The minimum absolute atomic E-state index is 0.0856. The largest absolute Gasteiger partial charge is 0.381 e. The van der Waals surface area contributed by atoms with Gasteiger partial charge in [0.15, 0.2) is 6.10 Å². The average molecular weight is 286 g/mol. The Hall–Kier alpha value is -0.190. The van der Waals surface area contributed by atoms with Gasteiger partial charge in [-0.25, -0.2) is 0 Å². The molecule has 0 aromatic heterocycles. The fourth-order valence-corrected chi connectivity index (χ4v) is 1.42. The Balaban J connectivity index is 3.03. The van der Waals surface area contributed by atoms with Gasteiger partial charge < -0.3 is 5.11 Å². The molecular weight excluding hydrogens is 277 g/mol. The van der Waals surface area contributed by atoms with Crippen LogP contribution in [0.5, 0.6) is 0 Å². The van der Waals surface area contributed by atoms with Gasteiger partial charge in [0.25, 0.3) is 0 Å². The number of hydrogen-bond acceptors (Lipinski definition) is 1. The van der Waals surface area contributed by atoms with E-state index in [1.165, 1.54) is 12.1 Å². The van der Waals surface area contributed by atoms with Crippen LogP contribution in [0.15, 0.2) is 18.2 Å². The van der Waals surface area contributed by atoms with Crippen LogP contribution in [-0.2, 0) is 0 Å². The molecular formula is C9H8BrClF2O. The van der Waals surface area contributed by atoms with Crippen molar-refractivity contribution in [3.63, 3.8) is 0 Å². The van der Waals surface area contributed by atoms with Gasteiger partial charge in [0, 0.05) is 5.02 Å². The molecule has 1 nitrogen and oxygen atoms in total. The Morgan fingerprint density at radius 2 is 2.07 bits per heavy atom. The Bertz CT molecular complexity index is 338. The summed E-state index contributed by atoms with van der Waals surface area (Å²) in [5, 5.41) is 9.58. The number of aliphatic hydroxyl groups is 1. The minimum atomic E-state index is -3.34. The van der Waals surface area contributed by atoms with Gasteiger partial charge in [-0.2, -0.15) is 8.78 Å². The normalized spacial score (nSPS) is 14.1. The molecule has 5 heteroatoms. The number of halogens is 4. The van der Waals surface area contributed by atoms with E-state index in [9.17, 15) is 13.9 Å². The Kier molecular flexibility index (Phi) is 3.50. The van der Waals surface area contributed by atoms with Crippen LogP contribution in [-0.4, -0.2) is 9.94 Å². The average Bonchev–Trinajstić information content (AvgIpc) is 2.07. The zero-order valence-electron chi connectivity index (χ0n) is 7.27. The third-order valence-corrected chi connectivity index (χ3v) is 2.66. The highest BCUT2D eigenvalue weighted by atomic mass is 79.9. The first kappa shape index (κ1) is 11.9. The summed E-state index contributed by atoms with van der Waals surface area (Å²) in [7, 11) is 0. The van der Waals surface area contributed by atoms with E-state index >= 15 is 0 Å². The second kappa shape index (κ2) is 4.13. The van der Waals surface area contributed by atoms with E-state index in [1.54, 1.807) is 13.0 Å². The molecule has 14 heavy (non-hydrogen) atoms. The van der Waals surface area contributed by atoms with Gasteiger partial charge in [-0.15, -0.1) is 0 Å². The molecule has 0 amide bonds. The molecule has 1 aromatic rings. The molecule has 0 fully saturated rings. The van der Waals surface area contributed by atoms with Crippen LogP contribution in [0.25, 0.3) is 0 Å². The van der Waals surface area contributed by atoms with Crippen molar-refractivity contribution in [3.05, 3.63) is 34.3 Å². The first-order chi connectivity index (χ1) is 6.32. The Labute approximate surface area is 93.8 Å². The van der Waals surface area contributed by atoms with Gasteiger partial charge in [0.05, 0.1) is 0 Å². The lowest BCUT2D eigenvalue weighted by molar-refractivity contribution is -0.0294. The van der Waals surface area contributed by atoms with E-state index < -0.39 is 10.9 Å². The molecule has 0 spiro atoms. The van der Waals surface area contributed by atoms with Gasteiger partial charge in [-0.05, 0) is 40.0 Å². The minimum Gasteiger partial charge on any atom is -0.381 e. The topological polar surface area (TPSA) is 20.2 Å². The van der Waals surface area contributed by atoms with Crippen LogP contribution in [0, 0.1) is 6.92 Å². The lowest BCUT2D eigenvalue weighted by Crippen LogP contribution is -2.18. The van der Waals surface area contributed by atoms with Crippen LogP contribution in [0.2, 0.25) is 5.02 Å². The van der Waals surface area contributed by atoms with E-state index in [1.807, 2.05) is 0 Å². The molecule has 0 radical (unpaired) electrons. The summed E-state index contributed by atoms with van der Waals surface area (Å²) in [4.78, 5) is -3.34. The standard InChI is InChI=1S/C9H8BrClF2O/c1-5-2-3-6(4-7(5)11)8(14)9(10,12)13/h2-4,8,14H,1H3. The molecule has 0 saturated heterocycles. The maximum atomic E-state index is 12.7. The van der Waals surface area contributed by atoms with Crippen LogP contribution < -0.4 is 0 Å². The van der Waals surface area contributed by atoms with Crippen LogP contribution in [0.4, 0.5) is 8.78 Å². The molecule has 1 atom stereocenters. The summed E-state index contributed by atoms with van der Waals surface area (Å²) in [6, 6.07) is 4.33. The number of aliphatic hydroxyl groups excluding tert-OH is 1. The maximum Gasteiger partial charge on any atom is 0.330 e. The van der Waals surface area contributed by atoms with Crippen LogP contribution in [0.3, 0.4) is 0 Å². The van der Waals surface area contributed by atoms with E-state index in [4.69, 9.17) is 11.6 Å². The quantitative estimate of drug-likeness (QED) is 0.822. The molecule has 0 bridgehead atoms. The highest BCUT2D eigenvalue weighted by Crippen LogP contribution is 2.37. The predicted molar refractivity (Wildman–Crippen MR) is 55.0 cm³/mol. The van der Waals surface area contributed by atoms with Crippen molar-refractivity contribution in [2.24, 2.45) is 0 Å². The van der Waals surface area contributed by atoms with E-state index in [-0.39, 0.29) is 5.56 Å². The van der Waals surface area contributed by atoms with Gasteiger partial charge in [0.1, 0.15) is 0 Å². The van der Waals surface area contributed by atoms with Gasteiger partial charge in [-0.3, -0.25) is 0 Å². The highest BCUT2D eigenvalue weighted by molar-refractivity contribution is 9.10. The molecule has 0 saturated carbocycles. The predicted octanol–water partition coefficient (Wildman–Crippen LogP) is 3.67. The molecule has 0 heterocycles. The fraction of sp³-hybridized carbons (Fsp3) is 0.333. The summed E-state index contributed by atoms with van der Waals surface area (Å²) in [5.41, 5.74) is 0.864. The SMILES string of the molecule is Cc1ccc(C(O)C(F)(F)Br)cc1Cl. The van der Waals surface area contributed by atoms with E-state index in [2.05, 4.69) is 15.9 Å². The molecule has 0 aliphatic heterocycles. The Morgan fingerprint density at radius 3 is 2.50 bits per heavy atom. The summed E-state index contributed by atoms with van der Waals surface area (Å²) in [6.07, 6.45) is -1.89. The smallest absolute Gasteiger partial charge is 0.330 e. The van der Waals surface area contributed by atoms with E-state index in [0.717, 1.165) is 5.56 Å². The van der Waals surface area contributed by atoms with Crippen molar-refractivity contribution in [2.75, 3.05) is 0 Å². The molecule has 1 rings (SSSR count). The molecule has 1 aromatic carbocycles. The van der Waals surface area contributed by atoms with Crippen LogP contribution in [0.1, 0.15) is 17.2 Å². The fourth-order valence-electron chi connectivity index (χ4n) is 0.968. The summed E-state index contributed by atoms with van der Waals surface area (Å²) < 4.78 is 25.3. The number of benzene rings is 1. The van der Waals surface area contributed by atoms with Crippen molar-refractivity contribution in [1.29, 1.82) is 0 Å². The molecule has 0 aliphatic rings. The monoisotopic (exact) mass is 284 g/mol. The summed E-state index contributed by atoms with van der Waals surface area (Å²) in [6.45, 7) is 1.75. The van der Waals surface area contributed by atoms with Gasteiger partial charge >= 0.3 is 4.83 Å². The number of aryl methyl sites for hydroxylation is 1. The lowest BCUT2D eigenvalue weighted by Gasteiger charge is -2.17. The first-order valence-electron chi connectivity index (χ1n) is 3.83. The van der Waals surface area contributed by atoms with Crippen molar-refractivity contribution in [3.8, 4) is 0 Å². The van der Waals surface area contributed by atoms with Crippen molar-refractivity contribution in [2.45, 2.75) is 17.9 Å². The van der Waals surface area contributed by atoms with Crippen molar-refractivity contribution in [1.82, 2.24) is 0 Å². The first-order valence-corrected chi connectivity index (χ1v) is 5.00. The zero-order valence-corrected chi connectivity index (χ0v) is 9.61. The molecule has 0 aliphatic carbocycles. The molecule has 1 unspecified atom stereocenters. The van der Waals surface area contributed by atoms with Crippen molar-refractivity contribution < 1.29 is 13.9 Å². The number of hydrogen-bond donors (Lipinski definition) is 1. The maximum absolute atomic E-state index is 12.7. The van der Waals surface area contributed by atoms with Gasteiger partial charge in [-0.1, -0.05) is 23.7 Å². The molecule has 1 N–H and O–H groups in total. The van der Waals surface area contributed by atoms with E-state index in [0.29, 0.717) is 5.02 Å². The highest BCUT2D eigenvalue weighted by Gasteiger charge is 2.36. The summed E-state index contributed by atoms with van der Waals surface area (Å²) in [5.74, 6) is 0. The second-order valence-electron chi connectivity index (χ2n) is 2.95. The van der Waals surface area contributed by atoms with Crippen molar-refractivity contribution >= 4 is 27.5 Å². The summed E-state index contributed by atoms with van der Waals surface area (Å²) >= 11 is 7.83. The third kappa shape index (κ3) is 2.65.